The Morgan fingerprint density at radius 1 is 1.03 bits per heavy atom. The molecule has 2 aromatic carbocycles. The summed E-state index contributed by atoms with van der Waals surface area (Å²) < 4.78 is 41.2. The molecule has 0 aromatic heterocycles. The van der Waals surface area contributed by atoms with Crippen LogP contribution in [0, 0.1) is 5.82 Å². The maximum Gasteiger partial charge on any atom is 0.304 e. The first kappa shape index (κ1) is 25.3. The number of likely N-dealkylation sites (N-methyl/N-ethyl adjacent to an activating group) is 1. The van der Waals surface area contributed by atoms with E-state index >= 15 is 0 Å². The van der Waals surface area contributed by atoms with Gasteiger partial charge in [-0.1, -0.05) is 30.3 Å². The number of carbonyl (C=O) groups excluding carboxylic acids is 2. The molecule has 2 rings (SSSR count). The third kappa shape index (κ3) is 6.27. The summed E-state index contributed by atoms with van der Waals surface area (Å²) in [5, 5.41) is 2.68. The SMILES string of the molecule is CCNC(=O)[C@@H](C)N(Cc1ccc(F)cc1)C(=O)CN(c1ccccc1)S(=O)(=O)N(C)C. The van der Waals surface area contributed by atoms with Crippen LogP contribution in [0.15, 0.2) is 54.6 Å². The monoisotopic (exact) mass is 464 g/mol. The molecule has 32 heavy (non-hydrogen) atoms. The summed E-state index contributed by atoms with van der Waals surface area (Å²) in [6.07, 6.45) is 0. The molecule has 1 N–H and O–H groups in total. The summed E-state index contributed by atoms with van der Waals surface area (Å²) >= 11 is 0. The number of para-hydroxylation sites is 1. The van der Waals surface area contributed by atoms with Crippen molar-refractivity contribution in [2.75, 3.05) is 31.5 Å². The lowest BCUT2D eigenvalue weighted by Crippen LogP contribution is -2.52. The van der Waals surface area contributed by atoms with E-state index < -0.39 is 34.5 Å². The molecule has 0 fully saturated rings. The molecule has 0 bridgehead atoms. The van der Waals surface area contributed by atoms with Gasteiger partial charge in [-0.25, -0.2) is 8.70 Å². The molecule has 0 aliphatic heterocycles. The number of nitrogens with one attached hydrogen (secondary N) is 1. The van der Waals surface area contributed by atoms with Gasteiger partial charge in [0.2, 0.25) is 11.8 Å². The Hall–Kier alpha value is -2.98. The van der Waals surface area contributed by atoms with Crippen molar-refractivity contribution >= 4 is 27.7 Å². The van der Waals surface area contributed by atoms with Crippen LogP contribution in [-0.4, -0.2) is 62.7 Å². The second-order valence-electron chi connectivity index (χ2n) is 7.35. The third-order valence-electron chi connectivity index (χ3n) is 4.85. The van der Waals surface area contributed by atoms with Gasteiger partial charge in [-0.15, -0.1) is 0 Å². The zero-order valence-electron chi connectivity index (χ0n) is 18.7. The lowest BCUT2D eigenvalue weighted by molar-refractivity contribution is -0.139. The van der Waals surface area contributed by atoms with Crippen LogP contribution in [0.2, 0.25) is 0 Å². The number of hydrogen-bond acceptors (Lipinski definition) is 4. The molecule has 0 unspecified atom stereocenters. The quantitative estimate of drug-likeness (QED) is 0.582. The molecule has 0 spiro atoms. The molecule has 0 saturated carbocycles. The lowest BCUT2D eigenvalue weighted by atomic mass is 10.1. The van der Waals surface area contributed by atoms with E-state index in [2.05, 4.69) is 5.32 Å². The third-order valence-corrected chi connectivity index (χ3v) is 6.67. The molecule has 174 valence electrons. The van der Waals surface area contributed by atoms with Gasteiger partial charge in [0.15, 0.2) is 0 Å². The van der Waals surface area contributed by atoms with Crippen LogP contribution in [0.25, 0.3) is 0 Å². The van der Waals surface area contributed by atoms with Crippen molar-refractivity contribution < 1.29 is 22.4 Å². The Bertz CT molecular complexity index is 1010. The lowest BCUT2D eigenvalue weighted by Gasteiger charge is -2.32. The predicted molar refractivity (Wildman–Crippen MR) is 121 cm³/mol. The van der Waals surface area contributed by atoms with Crippen LogP contribution in [0.5, 0.6) is 0 Å². The zero-order chi connectivity index (χ0) is 23.9. The summed E-state index contributed by atoms with van der Waals surface area (Å²) in [7, 11) is -1.23. The molecule has 2 amide bonds. The van der Waals surface area contributed by atoms with E-state index in [1.165, 1.54) is 43.3 Å². The van der Waals surface area contributed by atoms with Gasteiger partial charge < -0.3 is 10.2 Å². The highest BCUT2D eigenvalue weighted by atomic mass is 32.2. The molecule has 0 radical (unpaired) electrons. The van der Waals surface area contributed by atoms with E-state index in [1.54, 1.807) is 44.2 Å². The molecule has 8 nitrogen and oxygen atoms in total. The molecule has 0 saturated heterocycles. The van der Waals surface area contributed by atoms with Crippen molar-refractivity contribution in [3.8, 4) is 0 Å². The number of anilines is 1. The second-order valence-corrected chi connectivity index (χ2v) is 9.42. The molecule has 0 aliphatic rings. The van der Waals surface area contributed by atoms with Crippen molar-refractivity contribution in [2.45, 2.75) is 26.4 Å². The molecule has 0 heterocycles. The number of benzene rings is 2. The van der Waals surface area contributed by atoms with Gasteiger partial charge >= 0.3 is 10.2 Å². The van der Waals surface area contributed by atoms with E-state index in [0.717, 1.165) is 8.61 Å². The number of halogens is 1. The Morgan fingerprint density at radius 2 is 1.62 bits per heavy atom. The van der Waals surface area contributed by atoms with Crippen molar-refractivity contribution in [1.29, 1.82) is 0 Å². The van der Waals surface area contributed by atoms with E-state index in [0.29, 0.717) is 17.8 Å². The number of rotatable bonds is 10. The van der Waals surface area contributed by atoms with Gasteiger partial charge in [0.1, 0.15) is 18.4 Å². The van der Waals surface area contributed by atoms with Crippen LogP contribution in [0.3, 0.4) is 0 Å². The summed E-state index contributed by atoms with van der Waals surface area (Å²) in [5.41, 5.74) is 0.930. The van der Waals surface area contributed by atoms with Gasteiger partial charge in [-0.3, -0.25) is 9.59 Å². The number of amides is 2. The predicted octanol–water partition coefficient (Wildman–Crippen LogP) is 1.99. The van der Waals surface area contributed by atoms with E-state index in [9.17, 15) is 22.4 Å². The fourth-order valence-corrected chi connectivity index (χ4v) is 4.06. The van der Waals surface area contributed by atoms with Gasteiger partial charge in [-0.05, 0) is 43.7 Å². The first-order valence-corrected chi connectivity index (χ1v) is 11.5. The Kier molecular flexibility index (Phi) is 8.73. The van der Waals surface area contributed by atoms with Crippen LogP contribution < -0.4 is 9.62 Å². The second kappa shape index (κ2) is 11.1. The number of carbonyl (C=O) groups is 2. The molecule has 2 aromatic rings. The largest absolute Gasteiger partial charge is 0.355 e. The fourth-order valence-electron chi connectivity index (χ4n) is 3.00. The smallest absolute Gasteiger partial charge is 0.304 e. The van der Waals surface area contributed by atoms with Crippen molar-refractivity contribution in [1.82, 2.24) is 14.5 Å². The number of nitrogens with zero attached hydrogens (tertiary/aromatic N) is 3. The molecular weight excluding hydrogens is 435 g/mol. The van der Waals surface area contributed by atoms with Gasteiger partial charge in [0.25, 0.3) is 0 Å². The summed E-state index contributed by atoms with van der Waals surface area (Å²) in [4.78, 5) is 27.1. The van der Waals surface area contributed by atoms with Gasteiger partial charge in [0, 0.05) is 27.2 Å². The van der Waals surface area contributed by atoms with E-state index in [-0.39, 0.29) is 12.5 Å². The minimum absolute atomic E-state index is 0.0159. The van der Waals surface area contributed by atoms with Gasteiger partial charge in [0.05, 0.1) is 5.69 Å². The standard InChI is InChI=1S/C22H29FN4O4S/c1-5-24-22(29)17(2)26(15-18-11-13-19(23)14-12-18)21(28)16-27(32(30,31)25(3)4)20-9-7-6-8-10-20/h6-14,17H,5,15-16H2,1-4H3,(H,24,29)/t17-/m1/s1. The van der Waals surface area contributed by atoms with Crippen LogP contribution in [0.4, 0.5) is 10.1 Å². The molecular formula is C22H29FN4O4S. The molecule has 0 aliphatic carbocycles. The maximum atomic E-state index is 13.4. The minimum atomic E-state index is -3.99. The minimum Gasteiger partial charge on any atom is -0.355 e. The Morgan fingerprint density at radius 3 is 2.16 bits per heavy atom. The highest BCUT2D eigenvalue weighted by Crippen LogP contribution is 2.20. The van der Waals surface area contributed by atoms with Crippen LogP contribution in [0.1, 0.15) is 19.4 Å². The summed E-state index contributed by atoms with van der Waals surface area (Å²) in [6, 6.07) is 13.0. The summed E-state index contributed by atoms with van der Waals surface area (Å²) in [6.45, 7) is 3.22. The van der Waals surface area contributed by atoms with E-state index in [1.807, 2.05) is 0 Å². The van der Waals surface area contributed by atoms with Crippen LogP contribution >= 0.6 is 0 Å². The molecule has 10 heteroatoms. The first-order valence-electron chi connectivity index (χ1n) is 10.1. The van der Waals surface area contributed by atoms with Crippen molar-refractivity contribution in [3.05, 3.63) is 66.0 Å². The normalized spacial score (nSPS) is 12.3. The highest BCUT2D eigenvalue weighted by molar-refractivity contribution is 7.90. The summed E-state index contributed by atoms with van der Waals surface area (Å²) in [5.74, 6) is -1.36. The molecule has 1 atom stereocenters. The number of hydrogen-bond donors (Lipinski definition) is 1. The fraction of sp³-hybridized carbons (Fsp3) is 0.364. The van der Waals surface area contributed by atoms with E-state index in [4.69, 9.17) is 0 Å². The Balaban J connectivity index is 2.40. The zero-order valence-corrected chi connectivity index (χ0v) is 19.5. The van der Waals surface area contributed by atoms with Crippen LogP contribution in [-0.2, 0) is 26.3 Å². The average molecular weight is 465 g/mol. The topological polar surface area (TPSA) is 90.0 Å². The Labute approximate surface area is 188 Å². The van der Waals surface area contributed by atoms with Crippen molar-refractivity contribution in [3.63, 3.8) is 0 Å². The average Bonchev–Trinajstić information content (AvgIpc) is 2.77. The first-order chi connectivity index (χ1) is 15.1. The van der Waals surface area contributed by atoms with Gasteiger partial charge in [-0.2, -0.15) is 12.7 Å². The highest BCUT2D eigenvalue weighted by Gasteiger charge is 2.32. The maximum absolute atomic E-state index is 13.4. The van der Waals surface area contributed by atoms with Crippen molar-refractivity contribution in [2.24, 2.45) is 0 Å².